The summed E-state index contributed by atoms with van der Waals surface area (Å²) < 4.78 is 22.1. The van der Waals surface area contributed by atoms with Crippen LogP contribution in [-0.4, -0.2) is 56.4 Å². The van der Waals surface area contributed by atoms with Crippen molar-refractivity contribution in [3.05, 3.63) is 0 Å². The van der Waals surface area contributed by atoms with Gasteiger partial charge in [-0.25, -0.2) is 8.42 Å². The Morgan fingerprint density at radius 2 is 2.07 bits per heavy atom. The van der Waals surface area contributed by atoms with Crippen molar-refractivity contribution in [1.82, 2.24) is 10.2 Å². The molecule has 0 aromatic rings. The molecule has 0 aliphatic carbocycles. The van der Waals surface area contributed by atoms with E-state index in [0.717, 1.165) is 6.54 Å². The molecule has 6 heteroatoms. The Bertz CT molecular complexity index is 348. The number of amides is 1. The Labute approximate surface area is 90.7 Å². The van der Waals surface area contributed by atoms with Crippen molar-refractivity contribution in [2.24, 2.45) is 0 Å². The van der Waals surface area contributed by atoms with Gasteiger partial charge in [-0.15, -0.1) is 0 Å². The van der Waals surface area contributed by atoms with Crippen molar-refractivity contribution >= 4 is 15.7 Å². The Morgan fingerprint density at radius 3 is 2.53 bits per heavy atom. The molecule has 1 saturated heterocycles. The van der Waals surface area contributed by atoms with Crippen LogP contribution in [0.3, 0.4) is 0 Å². The predicted molar refractivity (Wildman–Crippen MR) is 58.4 cm³/mol. The van der Waals surface area contributed by atoms with Gasteiger partial charge >= 0.3 is 0 Å². The van der Waals surface area contributed by atoms with Gasteiger partial charge in [0.05, 0.1) is 11.3 Å². The maximum Gasteiger partial charge on any atom is 0.236 e. The van der Waals surface area contributed by atoms with E-state index < -0.39 is 14.6 Å². The lowest BCUT2D eigenvalue weighted by molar-refractivity contribution is -0.132. The van der Waals surface area contributed by atoms with Gasteiger partial charge < -0.3 is 10.2 Å². The molecule has 0 spiro atoms. The molecular weight excluding hydrogens is 216 g/mol. The fourth-order valence-corrected chi connectivity index (χ4v) is 1.78. The van der Waals surface area contributed by atoms with E-state index in [4.69, 9.17) is 0 Å². The van der Waals surface area contributed by atoms with Gasteiger partial charge in [-0.2, -0.15) is 0 Å². The molecule has 1 aliphatic heterocycles. The van der Waals surface area contributed by atoms with Crippen LogP contribution >= 0.6 is 0 Å². The molecule has 1 rings (SSSR count). The highest BCUT2D eigenvalue weighted by Gasteiger charge is 2.34. The summed E-state index contributed by atoms with van der Waals surface area (Å²) in [5.41, 5.74) is 0. The van der Waals surface area contributed by atoms with E-state index in [1.165, 1.54) is 6.26 Å². The van der Waals surface area contributed by atoms with Gasteiger partial charge in [0.25, 0.3) is 0 Å². The molecule has 15 heavy (non-hydrogen) atoms. The Balaban J connectivity index is 2.72. The largest absolute Gasteiger partial charge is 0.339 e. The summed E-state index contributed by atoms with van der Waals surface area (Å²) >= 11 is 0. The highest BCUT2D eigenvalue weighted by Crippen LogP contribution is 2.17. The average Bonchev–Trinajstić information content (AvgIpc) is 2.06. The molecular formula is C9H18N2O3S. The summed E-state index contributed by atoms with van der Waals surface area (Å²) in [6.07, 6.45) is 1.21. The first kappa shape index (κ1) is 12.4. The van der Waals surface area contributed by atoms with Crippen LogP contribution in [0.2, 0.25) is 0 Å². The zero-order valence-electron chi connectivity index (χ0n) is 9.41. The number of hydrogen-bond donors (Lipinski definition) is 1. The molecule has 88 valence electrons. The number of carbonyl (C=O) groups is 1. The van der Waals surface area contributed by atoms with Gasteiger partial charge in [0, 0.05) is 25.9 Å². The van der Waals surface area contributed by atoms with Crippen molar-refractivity contribution in [2.75, 3.05) is 32.4 Å². The zero-order valence-corrected chi connectivity index (χ0v) is 10.2. The number of hydrogen-bond acceptors (Lipinski definition) is 4. The molecule has 1 heterocycles. The first-order chi connectivity index (χ1) is 6.74. The smallest absolute Gasteiger partial charge is 0.236 e. The summed E-state index contributed by atoms with van der Waals surface area (Å²) in [5, 5.41) is 2.95. The lowest BCUT2D eigenvalue weighted by Crippen LogP contribution is -2.54. The summed E-state index contributed by atoms with van der Waals surface area (Å²) in [7, 11) is -3.14. The van der Waals surface area contributed by atoms with E-state index in [0.29, 0.717) is 13.1 Å². The molecule has 1 aliphatic rings. The third-order valence-electron chi connectivity index (χ3n) is 2.76. The Hall–Kier alpha value is -0.620. The molecule has 0 atom stereocenters. The number of nitrogens with zero attached hydrogens (tertiary/aromatic N) is 1. The predicted octanol–water partition coefficient (Wildman–Crippen LogP) is -0.759. The molecule has 0 radical (unpaired) electrons. The molecule has 1 amide bonds. The van der Waals surface area contributed by atoms with Crippen molar-refractivity contribution in [2.45, 2.75) is 18.6 Å². The maximum atomic E-state index is 11.5. The quantitative estimate of drug-likeness (QED) is 0.697. The molecule has 0 bridgehead atoms. The van der Waals surface area contributed by atoms with Gasteiger partial charge in [0.1, 0.15) is 0 Å². The van der Waals surface area contributed by atoms with E-state index in [9.17, 15) is 13.2 Å². The third-order valence-corrected chi connectivity index (χ3v) is 4.90. The van der Waals surface area contributed by atoms with E-state index in [2.05, 4.69) is 5.32 Å². The maximum absolute atomic E-state index is 11.5. The second-order valence-corrected chi connectivity index (χ2v) is 7.17. The average molecular weight is 234 g/mol. The SMILES string of the molecule is CC(C)(CN1CCNCC1=O)S(C)(=O)=O. The standard InChI is InChI=1S/C9H18N2O3S/c1-9(2,15(3,13)14)7-11-5-4-10-6-8(11)12/h10H,4-7H2,1-3H3. The van der Waals surface area contributed by atoms with Gasteiger partial charge in [0.15, 0.2) is 9.84 Å². The number of carbonyl (C=O) groups excluding carboxylic acids is 1. The van der Waals surface area contributed by atoms with E-state index in [-0.39, 0.29) is 12.5 Å². The normalized spacial score (nSPS) is 19.4. The topological polar surface area (TPSA) is 66.5 Å². The lowest BCUT2D eigenvalue weighted by atomic mass is 10.2. The Morgan fingerprint density at radius 1 is 1.47 bits per heavy atom. The van der Waals surface area contributed by atoms with Crippen LogP contribution < -0.4 is 5.32 Å². The first-order valence-electron chi connectivity index (χ1n) is 4.92. The monoisotopic (exact) mass is 234 g/mol. The minimum absolute atomic E-state index is 0.0297. The van der Waals surface area contributed by atoms with E-state index >= 15 is 0 Å². The number of nitrogens with one attached hydrogen (secondary N) is 1. The Kier molecular flexibility index (Phi) is 3.40. The van der Waals surface area contributed by atoms with E-state index in [1.807, 2.05) is 0 Å². The van der Waals surface area contributed by atoms with Crippen LogP contribution in [0.1, 0.15) is 13.8 Å². The lowest BCUT2D eigenvalue weighted by Gasteiger charge is -2.34. The van der Waals surface area contributed by atoms with E-state index in [1.54, 1.807) is 18.7 Å². The van der Waals surface area contributed by atoms with Crippen LogP contribution in [0, 0.1) is 0 Å². The van der Waals surface area contributed by atoms with Crippen molar-refractivity contribution in [3.63, 3.8) is 0 Å². The van der Waals surface area contributed by atoms with Crippen molar-refractivity contribution < 1.29 is 13.2 Å². The highest BCUT2D eigenvalue weighted by atomic mass is 32.2. The van der Waals surface area contributed by atoms with Gasteiger partial charge in [-0.3, -0.25) is 4.79 Å². The summed E-state index contributed by atoms with van der Waals surface area (Å²) in [4.78, 5) is 13.1. The molecule has 0 aromatic carbocycles. The van der Waals surface area contributed by atoms with Crippen LogP contribution in [0.25, 0.3) is 0 Å². The summed E-state index contributed by atoms with van der Waals surface area (Å²) in [6.45, 7) is 5.19. The van der Waals surface area contributed by atoms with Gasteiger partial charge in [-0.05, 0) is 13.8 Å². The molecule has 1 N–H and O–H groups in total. The van der Waals surface area contributed by atoms with Crippen molar-refractivity contribution in [3.8, 4) is 0 Å². The molecule has 1 fully saturated rings. The van der Waals surface area contributed by atoms with Crippen LogP contribution in [0.5, 0.6) is 0 Å². The fourth-order valence-electron chi connectivity index (χ4n) is 1.39. The minimum Gasteiger partial charge on any atom is -0.339 e. The van der Waals surface area contributed by atoms with Gasteiger partial charge in [0.2, 0.25) is 5.91 Å². The van der Waals surface area contributed by atoms with Gasteiger partial charge in [-0.1, -0.05) is 0 Å². The third kappa shape index (κ3) is 2.92. The highest BCUT2D eigenvalue weighted by molar-refractivity contribution is 7.92. The minimum atomic E-state index is -3.14. The summed E-state index contributed by atoms with van der Waals surface area (Å²) in [6, 6.07) is 0. The first-order valence-corrected chi connectivity index (χ1v) is 6.81. The van der Waals surface area contributed by atoms with Crippen LogP contribution in [0.4, 0.5) is 0 Å². The number of rotatable bonds is 3. The molecule has 0 saturated carbocycles. The molecule has 0 unspecified atom stereocenters. The van der Waals surface area contributed by atoms with Crippen LogP contribution in [0.15, 0.2) is 0 Å². The zero-order chi connectivity index (χ0) is 11.7. The number of sulfone groups is 1. The summed E-state index contributed by atoms with van der Waals surface area (Å²) in [5.74, 6) is -0.0297. The van der Waals surface area contributed by atoms with Crippen molar-refractivity contribution in [1.29, 1.82) is 0 Å². The molecule has 5 nitrogen and oxygen atoms in total. The fraction of sp³-hybridized carbons (Fsp3) is 0.889. The second-order valence-electron chi connectivity index (χ2n) is 4.52. The van der Waals surface area contributed by atoms with Crippen LogP contribution in [-0.2, 0) is 14.6 Å². The molecule has 0 aromatic heterocycles. The second kappa shape index (κ2) is 4.09. The number of piperazine rings is 1.